The molecule has 0 radical (unpaired) electrons. The van der Waals surface area contributed by atoms with Crippen molar-refractivity contribution in [2.75, 3.05) is 0 Å². The molecule has 2 heterocycles. The van der Waals surface area contributed by atoms with Gasteiger partial charge in [-0.2, -0.15) is 21.0 Å². The van der Waals surface area contributed by atoms with E-state index in [1.165, 1.54) is 0 Å². The molecule has 0 amide bonds. The molecule has 0 N–H and O–H groups in total. The van der Waals surface area contributed by atoms with Crippen molar-refractivity contribution < 1.29 is 9.47 Å². The zero-order chi connectivity index (χ0) is 31.1. The molecule has 2 atom stereocenters. The molecule has 9 rings (SSSR count). The van der Waals surface area contributed by atoms with Gasteiger partial charge in [0.05, 0.1) is 5.92 Å². The number of hydrogen-bond acceptors (Lipinski definition) is 6. The lowest BCUT2D eigenvalue weighted by Crippen LogP contribution is -2.36. The van der Waals surface area contributed by atoms with Crippen molar-refractivity contribution in [2.24, 2.45) is 11.8 Å². The molecule has 0 spiro atoms. The summed E-state index contributed by atoms with van der Waals surface area (Å²) >= 11 is 0. The van der Waals surface area contributed by atoms with Crippen molar-refractivity contribution in [3.05, 3.63) is 140 Å². The summed E-state index contributed by atoms with van der Waals surface area (Å²) < 4.78 is 13.4. The van der Waals surface area contributed by atoms with Gasteiger partial charge in [-0.25, -0.2) is 0 Å². The number of nitrogens with zero attached hydrogens (tertiary/aromatic N) is 4. The summed E-state index contributed by atoms with van der Waals surface area (Å²) in [5, 5.41) is 46.3. The highest BCUT2D eigenvalue weighted by Crippen LogP contribution is 2.52. The second-order valence-corrected chi connectivity index (χ2v) is 11.6. The smallest absolute Gasteiger partial charge is 0.138 e. The summed E-state index contributed by atoms with van der Waals surface area (Å²) in [6, 6.07) is 34.0. The Hall–Kier alpha value is -6.86. The first kappa shape index (κ1) is 25.6. The van der Waals surface area contributed by atoms with Crippen molar-refractivity contribution in [1.29, 1.82) is 21.0 Å². The molecule has 2 aliphatic heterocycles. The number of allylic oxidation sites excluding steroid dienone is 6. The van der Waals surface area contributed by atoms with E-state index in [1.807, 2.05) is 97.1 Å². The molecule has 5 aromatic carbocycles. The second-order valence-electron chi connectivity index (χ2n) is 11.6. The maximum Gasteiger partial charge on any atom is 0.138 e. The van der Waals surface area contributed by atoms with E-state index >= 15 is 0 Å². The molecule has 0 saturated carbocycles. The molecule has 2 aliphatic carbocycles. The van der Waals surface area contributed by atoms with Crippen LogP contribution in [0.5, 0.6) is 17.2 Å². The highest BCUT2D eigenvalue weighted by Gasteiger charge is 2.43. The summed E-state index contributed by atoms with van der Waals surface area (Å²) in [5.41, 5.74) is 3.75. The van der Waals surface area contributed by atoms with Gasteiger partial charge in [0.15, 0.2) is 0 Å². The highest BCUT2D eigenvalue weighted by atomic mass is 16.5. The predicted octanol–water partition coefficient (Wildman–Crippen LogP) is 6.68. The third-order valence-corrected chi connectivity index (χ3v) is 9.46. The monoisotopic (exact) mass is 586 g/mol. The zero-order valence-electron chi connectivity index (χ0n) is 24.0. The van der Waals surface area contributed by atoms with Crippen LogP contribution in [0, 0.1) is 67.6 Å². The average molecular weight is 587 g/mol. The van der Waals surface area contributed by atoms with E-state index in [4.69, 9.17) is 9.47 Å². The number of rotatable bonds is 0. The number of nitriles is 4. The predicted molar refractivity (Wildman–Crippen MR) is 171 cm³/mol. The van der Waals surface area contributed by atoms with Crippen LogP contribution in [0.15, 0.2) is 108 Å². The minimum absolute atomic E-state index is 0.0501. The Labute approximate surface area is 262 Å². The van der Waals surface area contributed by atoms with Crippen molar-refractivity contribution in [1.82, 2.24) is 0 Å². The van der Waals surface area contributed by atoms with E-state index in [9.17, 15) is 21.0 Å². The fourth-order valence-corrected chi connectivity index (χ4v) is 7.75. The molecule has 5 aromatic rings. The number of benzene rings is 5. The average Bonchev–Trinajstić information content (AvgIpc) is 3.10. The lowest BCUT2D eigenvalue weighted by molar-refractivity contribution is 0.341. The second kappa shape index (κ2) is 9.32. The molecule has 0 saturated heterocycles. The third-order valence-electron chi connectivity index (χ3n) is 9.46. The van der Waals surface area contributed by atoms with Crippen LogP contribution < -0.4 is 19.9 Å². The van der Waals surface area contributed by atoms with E-state index < -0.39 is 0 Å². The fourth-order valence-electron chi connectivity index (χ4n) is 7.75. The zero-order valence-corrected chi connectivity index (χ0v) is 24.0. The summed E-state index contributed by atoms with van der Waals surface area (Å²) in [7, 11) is 0. The van der Waals surface area contributed by atoms with Gasteiger partial charge >= 0.3 is 0 Å². The molecule has 2 unspecified atom stereocenters. The molecule has 6 nitrogen and oxygen atoms in total. The Morgan fingerprint density at radius 2 is 1.30 bits per heavy atom. The summed E-state index contributed by atoms with van der Waals surface area (Å²) in [6.45, 7) is 0. The van der Waals surface area contributed by atoms with E-state index in [0.717, 1.165) is 59.7 Å². The molecule has 210 valence electrons. The molecular formula is C40H18N4O2. The van der Waals surface area contributed by atoms with Gasteiger partial charge in [0.1, 0.15) is 58.4 Å². The Morgan fingerprint density at radius 3 is 2.09 bits per heavy atom. The molecule has 0 bridgehead atoms. The largest absolute Gasteiger partial charge is 0.460 e. The van der Waals surface area contributed by atoms with Gasteiger partial charge in [0.2, 0.25) is 0 Å². The van der Waals surface area contributed by atoms with Crippen molar-refractivity contribution in [2.45, 2.75) is 0 Å². The summed E-state index contributed by atoms with van der Waals surface area (Å²) in [6.07, 6.45) is 5.94. The van der Waals surface area contributed by atoms with Gasteiger partial charge in [-0.05, 0) is 62.7 Å². The van der Waals surface area contributed by atoms with E-state index in [0.29, 0.717) is 28.0 Å². The lowest BCUT2D eigenvalue weighted by atomic mass is 9.65. The first-order chi connectivity index (χ1) is 22.7. The SMILES string of the molecule is N#CC(C#N)=C1c2ccccc2C2=c3cc4c(cc3OC3=CC=CC1C32)=c1c2ccccc2c(=C(C#N)C#N)c2cccc(c12)O4. The maximum atomic E-state index is 9.92. The standard InChI is InChI=1S/C40H18N4O2/c41-17-21(18-42)35-23-7-1-3-9-25(23)37-29-15-34-30(16-33(29)45-31-13-5-11-27(35)39(31)37)38-26-10-4-2-8-24(26)36(22(19-43)20-44)28-12-6-14-32(46-34)40(28)38/h1-16,27,39H. The molecule has 6 heteroatoms. The van der Waals surface area contributed by atoms with Crippen LogP contribution in [-0.4, -0.2) is 0 Å². The molecule has 0 fully saturated rings. The van der Waals surface area contributed by atoms with Crippen LogP contribution in [-0.2, 0) is 0 Å². The summed E-state index contributed by atoms with van der Waals surface area (Å²) in [4.78, 5) is 0. The van der Waals surface area contributed by atoms with Gasteiger partial charge in [0, 0.05) is 32.2 Å². The fraction of sp³-hybridized carbons (Fsp3) is 0.0500. The number of ether oxygens (including phenoxy) is 2. The minimum Gasteiger partial charge on any atom is -0.460 e. The lowest BCUT2D eigenvalue weighted by Gasteiger charge is -2.41. The van der Waals surface area contributed by atoms with Gasteiger partial charge in [-0.15, -0.1) is 0 Å². The topological polar surface area (TPSA) is 114 Å². The maximum absolute atomic E-state index is 9.92. The number of fused-ring (bicyclic) bond motifs is 6. The quantitative estimate of drug-likeness (QED) is 0.145. The first-order valence-corrected chi connectivity index (χ1v) is 14.8. The first-order valence-electron chi connectivity index (χ1n) is 14.8. The Morgan fingerprint density at radius 1 is 0.630 bits per heavy atom. The molecule has 4 aliphatic rings. The van der Waals surface area contributed by atoms with Crippen LogP contribution in [0.2, 0.25) is 0 Å². The van der Waals surface area contributed by atoms with Crippen LogP contribution in [0.3, 0.4) is 0 Å². The van der Waals surface area contributed by atoms with Gasteiger partial charge < -0.3 is 9.47 Å². The van der Waals surface area contributed by atoms with E-state index in [2.05, 4.69) is 24.3 Å². The van der Waals surface area contributed by atoms with Gasteiger partial charge in [-0.1, -0.05) is 72.8 Å². The van der Waals surface area contributed by atoms with Crippen molar-refractivity contribution >= 4 is 38.3 Å². The highest BCUT2D eigenvalue weighted by molar-refractivity contribution is 6.06. The van der Waals surface area contributed by atoms with Crippen LogP contribution >= 0.6 is 0 Å². The molecule has 46 heavy (non-hydrogen) atoms. The van der Waals surface area contributed by atoms with Crippen LogP contribution in [0.1, 0.15) is 11.1 Å². The van der Waals surface area contributed by atoms with E-state index in [-0.39, 0.29) is 23.0 Å². The molecular weight excluding hydrogens is 568 g/mol. The Kier molecular flexibility index (Phi) is 5.19. The summed E-state index contributed by atoms with van der Waals surface area (Å²) in [5.74, 6) is 2.28. The van der Waals surface area contributed by atoms with Gasteiger partial charge in [-0.3, -0.25) is 0 Å². The molecule has 0 aromatic heterocycles. The Bertz CT molecular complexity index is 2780. The third kappa shape index (κ3) is 3.20. The van der Waals surface area contributed by atoms with Crippen molar-refractivity contribution in [3.8, 4) is 41.5 Å². The van der Waals surface area contributed by atoms with Crippen molar-refractivity contribution in [3.63, 3.8) is 0 Å². The van der Waals surface area contributed by atoms with Crippen LogP contribution in [0.4, 0.5) is 0 Å². The van der Waals surface area contributed by atoms with E-state index in [1.54, 1.807) is 0 Å². The minimum atomic E-state index is -0.244. The number of hydrogen-bond donors (Lipinski definition) is 0. The van der Waals surface area contributed by atoms with Crippen LogP contribution in [0.25, 0.3) is 38.3 Å². The normalized spacial score (nSPS) is 17.3. The van der Waals surface area contributed by atoms with Gasteiger partial charge in [0.25, 0.3) is 0 Å². The Balaban J connectivity index is 1.50.